The average molecular weight is 218 g/mol. The second kappa shape index (κ2) is 4.19. The second-order valence-corrected chi connectivity index (χ2v) is 4.15. The van der Waals surface area contributed by atoms with E-state index in [1.165, 1.54) is 0 Å². The average Bonchev–Trinajstić information content (AvgIpc) is 2.32. The Labute approximate surface area is 88.7 Å². The zero-order valence-electron chi connectivity index (χ0n) is 8.66. The first kappa shape index (κ1) is 11.3. The van der Waals surface area contributed by atoms with Gasteiger partial charge in [-0.05, 0) is 12.8 Å². The summed E-state index contributed by atoms with van der Waals surface area (Å²) in [5, 5.41) is 14.0. The van der Waals surface area contributed by atoms with Crippen LogP contribution in [0, 0.1) is 0 Å². The van der Waals surface area contributed by atoms with Crippen molar-refractivity contribution < 1.29 is 5.11 Å². The van der Waals surface area contributed by atoms with Crippen LogP contribution in [0.25, 0.3) is 0 Å². The van der Waals surface area contributed by atoms with Crippen LogP contribution >= 0.6 is 11.6 Å². The summed E-state index contributed by atoms with van der Waals surface area (Å²) in [6.07, 6.45) is -0.478. The van der Waals surface area contributed by atoms with Gasteiger partial charge in [0.15, 0.2) is 0 Å². The quantitative estimate of drug-likeness (QED) is 0.809. The van der Waals surface area contributed by atoms with Crippen molar-refractivity contribution in [2.75, 3.05) is 5.73 Å². The maximum atomic E-state index is 9.21. The number of aliphatic hydroxyl groups excluding tert-OH is 1. The minimum atomic E-state index is -0.478. The van der Waals surface area contributed by atoms with Gasteiger partial charge in [-0.25, -0.2) is 4.68 Å². The van der Waals surface area contributed by atoms with Gasteiger partial charge in [0.25, 0.3) is 0 Å². The molecular formula is C9H16ClN3O. The Hall–Kier alpha value is -0.740. The van der Waals surface area contributed by atoms with E-state index in [1.54, 1.807) is 11.6 Å². The van der Waals surface area contributed by atoms with Crippen molar-refractivity contribution >= 4 is 17.4 Å². The molecule has 1 unspecified atom stereocenters. The molecule has 0 radical (unpaired) electrons. The lowest BCUT2D eigenvalue weighted by Gasteiger charge is -2.05. The molecule has 0 aromatic carbocycles. The van der Waals surface area contributed by atoms with E-state index < -0.39 is 6.10 Å². The molecule has 0 spiro atoms. The second-order valence-electron chi connectivity index (χ2n) is 3.77. The highest BCUT2D eigenvalue weighted by molar-refractivity contribution is 6.33. The standard InChI is InChI=1S/C9H16ClN3O/c1-5(2)8-7(10)9(11)13(12-8)4-6(3)14/h5-6,14H,4,11H2,1-3H3. The Kier molecular flexibility index (Phi) is 3.39. The molecule has 1 atom stereocenters. The molecule has 5 heteroatoms. The SMILES string of the molecule is CC(O)Cn1nc(C(C)C)c(Cl)c1N. The van der Waals surface area contributed by atoms with Gasteiger partial charge in [-0.1, -0.05) is 25.4 Å². The fourth-order valence-electron chi connectivity index (χ4n) is 1.23. The van der Waals surface area contributed by atoms with E-state index in [1.807, 2.05) is 13.8 Å². The smallest absolute Gasteiger partial charge is 0.141 e. The van der Waals surface area contributed by atoms with Crippen LogP contribution in [-0.4, -0.2) is 21.0 Å². The van der Waals surface area contributed by atoms with Gasteiger partial charge in [0, 0.05) is 0 Å². The van der Waals surface area contributed by atoms with E-state index in [0.717, 1.165) is 5.69 Å². The molecule has 80 valence electrons. The van der Waals surface area contributed by atoms with Crippen molar-refractivity contribution in [3.8, 4) is 0 Å². The van der Waals surface area contributed by atoms with Gasteiger partial charge < -0.3 is 10.8 Å². The first-order valence-electron chi connectivity index (χ1n) is 4.63. The highest BCUT2D eigenvalue weighted by Gasteiger charge is 2.16. The molecule has 0 bridgehead atoms. The van der Waals surface area contributed by atoms with Crippen LogP contribution < -0.4 is 5.73 Å². The van der Waals surface area contributed by atoms with Crippen molar-refractivity contribution in [1.29, 1.82) is 0 Å². The third-order valence-corrected chi connectivity index (χ3v) is 2.33. The Bertz CT molecular complexity index is 320. The molecule has 0 aliphatic carbocycles. The lowest BCUT2D eigenvalue weighted by atomic mass is 10.1. The van der Waals surface area contributed by atoms with Crippen LogP contribution in [0.4, 0.5) is 5.82 Å². The van der Waals surface area contributed by atoms with E-state index >= 15 is 0 Å². The summed E-state index contributed by atoms with van der Waals surface area (Å²) in [7, 11) is 0. The molecule has 1 rings (SSSR count). The molecule has 0 saturated heterocycles. The van der Waals surface area contributed by atoms with Crippen LogP contribution in [0.1, 0.15) is 32.4 Å². The van der Waals surface area contributed by atoms with Gasteiger partial charge in [0.05, 0.1) is 18.3 Å². The zero-order chi connectivity index (χ0) is 10.9. The lowest BCUT2D eigenvalue weighted by molar-refractivity contribution is 0.169. The number of aliphatic hydroxyl groups is 1. The molecule has 14 heavy (non-hydrogen) atoms. The highest BCUT2D eigenvalue weighted by Crippen LogP contribution is 2.28. The van der Waals surface area contributed by atoms with Crippen molar-refractivity contribution in [1.82, 2.24) is 9.78 Å². The van der Waals surface area contributed by atoms with E-state index in [9.17, 15) is 5.11 Å². The molecular weight excluding hydrogens is 202 g/mol. The Morgan fingerprint density at radius 3 is 2.43 bits per heavy atom. The van der Waals surface area contributed by atoms with Crippen molar-refractivity contribution in [2.45, 2.75) is 39.3 Å². The fraction of sp³-hybridized carbons (Fsp3) is 0.667. The first-order chi connectivity index (χ1) is 6.43. The predicted octanol–water partition coefficient (Wildman–Crippen LogP) is 1.62. The number of aromatic nitrogens is 2. The number of nitrogens with zero attached hydrogens (tertiary/aromatic N) is 2. The van der Waals surface area contributed by atoms with Gasteiger partial charge in [-0.15, -0.1) is 0 Å². The van der Waals surface area contributed by atoms with Crippen molar-refractivity contribution in [3.63, 3.8) is 0 Å². The lowest BCUT2D eigenvalue weighted by Crippen LogP contribution is -2.15. The topological polar surface area (TPSA) is 64.1 Å². The Morgan fingerprint density at radius 2 is 2.07 bits per heavy atom. The van der Waals surface area contributed by atoms with Crippen LogP contribution in [0.5, 0.6) is 0 Å². The molecule has 0 aliphatic heterocycles. The van der Waals surface area contributed by atoms with E-state index in [0.29, 0.717) is 17.4 Å². The summed E-state index contributed by atoms with van der Waals surface area (Å²) in [6, 6.07) is 0. The third kappa shape index (κ3) is 2.19. The molecule has 1 heterocycles. The Morgan fingerprint density at radius 1 is 1.50 bits per heavy atom. The summed E-state index contributed by atoms with van der Waals surface area (Å²) in [5.74, 6) is 0.663. The molecule has 1 aromatic rings. The summed E-state index contributed by atoms with van der Waals surface area (Å²) < 4.78 is 1.54. The van der Waals surface area contributed by atoms with Crippen molar-refractivity contribution in [2.24, 2.45) is 0 Å². The summed E-state index contributed by atoms with van der Waals surface area (Å²) in [4.78, 5) is 0. The number of hydrogen-bond donors (Lipinski definition) is 2. The molecule has 3 N–H and O–H groups in total. The van der Waals surface area contributed by atoms with Gasteiger partial charge in [-0.3, -0.25) is 0 Å². The highest BCUT2D eigenvalue weighted by atomic mass is 35.5. The third-order valence-electron chi connectivity index (χ3n) is 1.94. The number of rotatable bonds is 3. The number of halogens is 1. The van der Waals surface area contributed by atoms with E-state index in [2.05, 4.69) is 5.10 Å². The Balaban J connectivity index is 3.02. The summed E-state index contributed by atoms with van der Waals surface area (Å²) in [5.41, 5.74) is 6.53. The van der Waals surface area contributed by atoms with Crippen LogP contribution in [0.3, 0.4) is 0 Å². The van der Waals surface area contributed by atoms with Crippen LogP contribution in [-0.2, 0) is 6.54 Å². The molecule has 0 fully saturated rings. The maximum absolute atomic E-state index is 9.21. The minimum Gasteiger partial charge on any atom is -0.391 e. The maximum Gasteiger partial charge on any atom is 0.141 e. The number of anilines is 1. The molecule has 0 aliphatic rings. The van der Waals surface area contributed by atoms with Gasteiger partial charge in [0.1, 0.15) is 10.8 Å². The normalized spacial score (nSPS) is 13.6. The minimum absolute atomic E-state index is 0.236. The van der Waals surface area contributed by atoms with Gasteiger partial charge in [-0.2, -0.15) is 5.10 Å². The number of hydrogen-bond acceptors (Lipinski definition) is 3. The molecule has 0 amide bonds. The number of nitrogen functional groups attached to an aromatic ring is 1. The van der Waals surface area contributed by atoms with E-state index in [-0.39, 0.29) is 5.92 Å². The summed E-state index contributed by atoms with van der Waals surface area (Å²) >= 11 is 6.00. The van der Waals surface area contributed by atoms with Gasteiger partial charge in [0.2, 0.25) is 0 Å². The van der Waals surface area contributed by atoms with Crippen molar-refractivity contribution in [3.05, 3.63) is 10.7 Å². The summed E-state index contributed by atoms with van der Waals surface area (Å²) in [6.45, 7) is 6.06. The molecule has 1 aromatic heterocycles. The van der Waals surface area contributed by atoms with Crippen LogP contribution in [0.2, 0.25) is 5.02 Å². The monoisotopic (exact) mass is 217 g/mol. The molecule has 4 nitrogen and oxygen atoms in total. The fourth-order valence-corrected chi connectivity index (χ4v) is 1.58. The first-order valence-corrected chi connectivity index (χ1v) is 5.01. The number of nitrogens with two attached hydrogens (primary N) is 1. The zero-order valence-corrected chi connectivity index (χ0v) is 9.41. The molecule has 0 saturated carbocycles. The van der Waals surface area contributed by atoms with Crippen LogP contribution in [0.15, 0.2) is 0 Å². The van der Waals surface area contributed by atoms with Gasteiger partial charge >= 0.3 is 0 Å². The van der Waals surface area contributed by atoms with E-state index in [4.69, 9.17) is 17.3 Å². The predicted molar refractivity (Wildman–Crippen MR) is 57.4 cm³/mol. The largest absolute Gasteiger partial charge is 0.391 e.